The van der Waals surface area contributed by atoms with E-state index in [0.29, 0.717) is 62.1 Å². The van der Waals surface area contributed by atoms with Crippen molar-refractivity contribution in [2.24, 2.45) is 31.3 Å². The number of hydrogen-bond donors (Lipinski definition) is 1. The summed E-state index contributed by atoms with van der Waals surface area (Å²) in [6, 6.07) is 12.9. The Morgan fingerprint density at radius 2 is 0.868 bits per heavy atom. The summed E-state index contributed by atoms with van der Waals surface area (Å²) < 4.78 is 29.8. The smallest absolute Gasteiger partial charge is 0.436 e. The van der Waals surface area contributed by atoms with Crippen molar-refractivity contribution >= 4 is 216 Å². The summed E-state index contributed by atoms with van der Waals surface area (Å²) >= 11 is 56.3. The zero-order valence-electron chi connectivity index (χ0n) is 59.0. The second-order valence-corrected chi connectivity index (χ2v) is 29.9. The average molecular weight is 1750 g/mol. The molecule has 6 aliphatic rings. The highest BCUT2D eigenvalue weighted by Gasteiger charge is 2.52. The van der Waals surface area contributed by atoms with Crippen LogP contribution in [-0.2, 0) is 52.5 Å². The van der Waals surface area contributed by atoms with Crippen LogP contribution in [0, 0.1) is 5.92 Å². The molecular weight excluding hydrogens is 1680 g/mol. The Bertz CT molecular complexity index is 4490. The number of dihydropyridines is 1. The molecule has 562 valence electrons. The Morgan fingerprint density at radius 3 is 1.25 bits per heavy atom. The third-order valence-electron chi connectivity index (χ3n) is 16.0. The first kappa shape index (κ1) is 86.0. The van der Waals surface area contributed by atoms with E-state index in [2.05, 4.69) is 83.1 Å². The molecule has 1 saturated heterocycles. The van der Waals surface area contributed by atoms with Gasteiger partial charge in [-0.15, -0.1) is 20.4 Å². The van der Waals surface area contributed by atoms with Gasteiger partial charge in [-0.3, -0.25) is 43.2 Å². The number of nitrogens with zero attached hydrogens (tertiary/aromatic N) is 12. The minimum Gasteiger partial charge on any atom is -0.436 e. The summed E-state index contributed by atoms with van der Waals surface area (Å²) in [5, 5.41) is 36.7. The largest absolute Gasteiger partial charge is 0.494 e. The monoisotopic (exact) mass is 1740 g/mol. The van der Waals surface area contributed by atoms with E-state index in [0.717, 1.165) is 11.1 Å². The quantitative estimate of drug-likeness (QED) is 0.0797. The number of benzene rings is 3. The molecule has 3 aromatic carbocycles. The molecular formula is C68H68BBr2Cl8N13O14. The molecule has 1 N–H and O–H groups in total. The summed E-state index contributed by atoms with van der Waals surface area (Å²) in [7, 11) is -0.572. The summed E-state index contributed by atoms with van der Waals surface area (Å²) in [4.78, 5) is 107. The van der Waals surface area contributed by atoms with Gasteiger partial charge in [0.15, 0.2) is 65.7 Å². The number of hydrogen-bond acceptors (Lipinski definition) is 23. The van der Waals surface area contributed by atoms with Crippen LogP contribution in [-0.4, -0.2) is 159 Å². The Morgan fingerprint density at radius 1 is 0.491 bits per heavy atom. The number of carbonyl (C=O) groups excluding carboxylic acids is 9. The van der Waals surface area contributed by atoms with Gasteiger partial charge in [-0.05, 0) is 151 Å². The predicted octanol–water partition coefficient (Wildman–Crippen LogP) is 14.3. The van der Waals surface area contributed by atoms with E-state index in [9.17, 15) is 43.2 Å². The number of amides is 4. The summed E-state index contributed by atoms with van der Waals surface area (Å²) in [5.41, 5.74) is 5.17. The molecule has 27 nitrogen and oxygen atoms in total. The van der Waals surface area contributed by atoms with Crippen molar-refractivity contribution in [3.05, 3.63) is 123 Å². The van der Waals surface area contributed by atoms with Crippen LogP contribution in [0.1, 0.15) is 150 Å². The van der Waals surface area contributed by atoms with Crippen LogP contribution < -0.4 is 25.1 Å². The Labute approximate surface area is 666 Å². The van der Waals surface area contributed by atoms with Crippen molar-refractivity contribution in [1.29, 1.82) is 0 Å². The third kappa shape index (κ3) is 21.8. The van der Waals surface area contributed by atoms with Gasteiger partial charge in [-0.1, -0.05) is 134 Å². The van der Waals surface area contributed by atoms with Gasteiger partial charge in [0.25, 0.3) is 17.7 Å². The molecule has 38 heteroatoms. The number of aliphatic imine (C=N–C) groups is 1. The molecule has 1 fully saturated rings. The van der Waals surface area contributed by atoms with E-state index in [1.54, 1.807) is 51.1 Å². The number of carbonyl (C=O) groups is 9. The maximum Gasteiger partial charge on any atom is 0.494 e. The molecule has 2 aromatic heterocycles. The molecule has 0 saturated carbocycles. The van der Waals surface area contributed by atoms with E-state index in [1.807, 2.05) is 69.2 Å². The van der Waals surface area contributed by atoms with Crippen molar-refractivity contribution in [2.45, 2.75) is 139 Å². The molecule has 8 heterocycles. The molecule has 4 amide bonds. The standard InChI is InChI=1S/C20H19Cl2N3O4.C19H22BCl3N2O3.C19H17Cl3N4O3.C6H7BrN2O2.C4H3BrN2O2/c1-4-25-18(28)8-15(26)19(24-25)11-5-13(21)20(14(22)6-11)29-17-7-12(10(2)3)16(27)9-23-17;1-10(2)12-9-15(24-25-17(12)23)26-16-13(21)7-11(8-14(16)22)20-27-18(3,4)19(5,6)28-20;1-4-26-16(28)8-14(27)17(25-26)10-5-12(20)18(13(21)6-10)29-15-7-11(9(2)3)19(22)24-23-15;1-2-9-5(11)3-4(10)6(7)8-9;5-4-2(8)1-3(9)6-7-4/h5-7,10H,4,8-9H2,1-3H3;7-10H,1-6H3;5-7,9H,4,8H2,1-3H3;2-3H2,1H3;1H2,(H,6,9). The maximum atomic E-state index is 12.3. The fourth-order valence-electron chi connectivity index (χ4n) is 9.62. The number of aromatic nitrogens is 4. The van der Waals surface area contributed by atoms with Crippen molar-refractivity contribution < 1.29 is 66.7 Å². The van der Waals surface area contributed by atoms with Gasteiger partial charge in [0.1, 0.15) is 18.0 Å². The highest BCUT2D eigenvalue weighted by atomic mass is 79.9. The molecule has 0 aliphatic carbocycles. The molecule has 0 spiro atoms. The van der Waals surface area contributed by atoms with Crippen LogP contribution in [0.3, 0.4) is 0 Å². The first-order chi connectivity index (χ1) is 49.7. The average Bonchev–Trinajstić information content (AvgIpc) is 1.56. The SMILES string of the molecule is CC(C)c1cc(Oc2c(Cl)cc(B3OC(C)(C)C(C)(C)O3)cc2Cl)nnc1Cl.CCN1N=C(Br)C(=O)CC1=O.CCN1N=C(c2cc(Cl)c(OC3=NCC(=O)C(C(C)C)=C3)c(Cl)c2)C(=O)CC1=O.CCN1N=C(c2cc(Cl)c(Oc3cc(C(C)C)c(Cl)nn3)c(Cl)c2)C(=O)CC1=O.O=C1CC(=O)C(Br)=NN1. The van der Waals surface area contributed by atoms with E-state index in [1.165, 1.54) is 39.3 Å². The summed E-state index contributed by atoms with van der Waals surface area (Å²) in [5.74, 6) is -1.06. The van der Waals surface area contributed by atoms with E-state index >= 15 is 0 Å². The molecule has 0 bridgehead atoms. The lowest BCUT2D eigenvalue weighted by atomic mass is 9.79. The minimum atomic E-state index is -0.572. The fourth-order valence-corrected chi connectivity index (χ4v) is 12.5. The molecule has 0 unspecified atom stereocenters. The number of ether oxygens (including phenoxy) is 3. The highest BCUT2D eigenvalue weighted by Crippen LogP contribution is 2.42. The van der Waals surface area contributed by atoms with Gasteiger partial charge in [-0.2, -0.15) is 20.4 Å². The zero-order chi connectivity index (χ0) is 78.7. The molecule has 11 rings (SSSR count). The van der Waals surface area contributed by atoms with Crippen molar-refractivity contribution in [3.63, 3.8) is 0 Å². The summed E-state index contributed by atoms with van der Waals surface area (Å²) in [6.07, 6.45) is 0.894. The van der Waals surface area contributed by atoms with E-state index < -0.39 is 29.9 Å². The number of nitrogens with one attached hydrogen (secondary N) is 1. The highest BCUT2D eigenvalue weighted by molar-refractivity contribution is 9.19. The Balaban J connectivity index is 0.000000196. The number of halogens is 10. The van der Waals surface area contributed by atoms with Gasteiger partial charge in [0.2, 0.25) is 23.6 Å². The van der Waals surface area contributed by atoms with Crippen LogP contribution in [0.2, 0.25) is 40.4 Å². The van der Waals surface area contributed by atoms with Crippen molar-refractivity contribution in [2.75, 3.05) is 26.2 Å². The lowest BCUT2D eigenvalue weighted by Gasteiger charge is -2.32. The van der Waals surface area contributed by atoms with Gasteiger partial charge >= 0.3 is 7.12 Å². The number of Topliss-reactive ketones (excluding diaryl/α,β-unsaturated/α-hetero) is 5. The maximum absolute atomic E-state index is 12.3. The topological polar surface area (TPSA) is 335 Å². The van der Waals surface area contributed by atoms with E-state index in [4.69, 9.17) is 116 Å². The second-order valence-electron chi connectivity index (χ2n) is 25.2. The number of rotatable bonds is 14. The zero-order valence-corrected chi connectivity index (χ0v) is 68.2. The normalized spacial score (nSPS) is 17.0. The molecule has 5 aromatic rings. The fraction of sp³-hybridized carbons (Fsp3) is 0.382. The minimum absolute atomic E-state index is 0.00113. The Kier molecular flexibility index (Phi) is 30.3. The molecule has 0 atom stereocenters. The Hall–Kier alpha value is -7.20. The molecule has 0 radical (unpaired) electrons. The number of ketones is 5. The van der Waals surface area contributed by atoms with Crippen LogP contribution in [0.5, 0.6) is 29.0 Å². The van der Waals surface area contributed by atoms with Gasteiger partial charge in [0.05, 0.1) is 67.0 Å². The number of hydrazone groups is 4. The van der Waals surface area contributed by atoms with Gasteiger partial charge < -0.3 is 23.5 Å². The third-order valence-corrected chi connectivity index (χ3v) is 19.5. The lowest BCUT2D eigenvalue weighted by molar-refractivity contribution is -0.136. The second kappa shape index (κ2) is 37.3. The van der Waals surface area contributed by atoms with Crippen LogP contribution in [0.15, 0.2) is 85.6 Å². The predicted molar refractivity (Wildman–Crippen MR) is 413 cm³/mol. The van der Waals surface area contributed by atoms with Gasteiger partial charge in [0, 0.05) is 54.5 Å². The van der Waals surface area contributed by atoms with Crippen LogP contribution in [0.25, 0.3) is 0 Å². The van der Waals surface area contributed by atoms with E-state index in [-0.39, 0.29) is 167 Å². The molecule has 106 heavy (non-hydrogen) atoms. The molecule has 6 aliphatic heterocycles. The summed E-state index contributed by atoms with van der Waals surface area (Å²) in [6.45, 7) is 26.2. The van der Waals surface area contributed by atoms with Crippen LogP contribution >= 0.6 is 125 Å². The van der Waals surface area contributed by atoms with Crippen molar-refractivity contribution in [3.8, 4) is 29.0 Å². The van der Waals surface area contributed by atoms with Crippen molar-refractivity contribution in [1.82, 2.24) is 40.8 Å². The van der Waals surface area contributed by atoms with Gasteiger partial charge in [-0.25, -0.2) is 25.4 Å². The lowest BCUT2D eigenvalue weighted by Crippen LogP contribution is -2.41. The first-order valence-corrected chi connectivity index (χ1v) is 37.0. The first-order valence-electron chi connectivity index (χ1n) is 32.4. The van der Waals surface area contributed by atoms with Crippen LogP contribution in [0.4, 0.5) is 0 Å².